The maximum absolute atomic E-state index is 6.19. The molecule has 1 nitrogen and oxygen atoms in total. The molecule has 1 atom stereocenters. The van der Waals surface area contributed by atoms with Crippen LogP contribution in [0.5, 0.6) is 0 Å². The lowest BCUT2D eigenvalue weighted by Crippen LogP contribution is -2.07. The Labute approximate surface area is 274 Å². The number of hydrogen-bond acceptors (Lipinski definition) is 1. The first-order valence-electron chi connectivity index (χ1n) is 16.7. The SMILES string of the molecule is CC1CC=Cc2c(-c3c4ccccc4c(-c4ccccc4-c4ccc5oc6ccccc6c5c4)c4ccccc34)cc3c(c21)CC=C3. The highest BCUT2D eigenvalue weighted by Gasteiger charge is 2.26. The molecule has 1 heteroatoms. The van der Waals surface area contributed by atoms with Gasteiger partial charge in [-0.1, -0.05) is 128 Å². The van der Waals surface area contributed by atoms with Crippen LogP contribution in [0.3, 0.4) is 0 Å². The summed E-state index contributed by atoms with van der Waals surface area (Å²) in [6.45, 7) is 2.39. The third kappa shape index (κ3) is 3.90. The number of para-hydroxylation sites is 1. The molecule has 0 aliphatic heterocycles. The van der Waals surface area contributed by atoms with E-state index >= 15 is 0 Å². The second kappa shape index (κ2) is 10.2. The van der Waals surface area contributed by atoms with Crippen molar-refractivity contribution in [1.29, 1.82) is 0 Å². The first-order valence-corrected chi connectivity index (χ1v) is 16.7. The summed E-state index contributed by atoms with van der Waals surface area (Å²) < 4.78 is 6.19. The normalized spacial score (nSPS) is 15.2. The van der Waals surface area contributed by atoms with Crippen LogP contribution in [0, 0.1) is 0 Å². The number of rotatable bonds is 3. The Morgan fingerprint density at radius 3 is 1.89 bits per heavy atom. The zero-order chi connectivity index (χ0) is 31.1. The van der Waals surface area contributed by atoms with Gasteiger partial charge in [0.25, 0.3) is 0 Å². The molecule has 2 aliphatic rings. The van der Waals surface area contributed by atoms with Gasteiger partial charge in [-0.05, 0) is 120 Å². The Morgan fingerprint density at radius 2 is 1.15 bits per heavy atom. The number of fused-ring (bicyclic) bond motifs is 8. The van der Waals surface area contributed by atoms with Crippen molar-refractivity contribution in [2.75, 3.05) is 0 Å². The summed E-state index contributed by atoms with van der Waals surface area (Å²) in [6, 6.07) is 44.4. The van der Waals surface area contributed by atoms with Crippen molar-refractivity contribution in [3.05, 3.63) is 156 Å². The predicted octanol–water partition coefficient (Wildman–Crippen LogP) is 13.0. The van der Waals surface area contributed by atoms with Gasteiger partial charge in [-0.15, -0.1) is 0 Å². The lowest BCUT2D eigenvalue weighted by Gasteiger charge is -2.26. The first-order chi connectivity index (χ1) is 23.2. The van der Waals surface area contributed by atoms with E-state index in [0.29, 0.717) is 5.92 Å². The van der Waals surface area contributed by atoms with Crippen molar-refractivity contribution in [3.63, 3.8) is 0 Å². The topological polar surface area (TPSA) is 13.1 Å². The summed E-state index contributed by atoms with van der Waals surface area (Å²) in [5.74, 6) is 0.511. The molecule has 0 fully saturated rings. The zero-order valence-corrected chi connectivity index (χ0v) is 26.3. The Hall–Kier alpha value is -5.66. The molecule has 8 aromatic rings. The average Bonchev–Trinajstić information content (AvgIpc) is 3.75. The van der Waals surface area contributed by atoms with Crippen LogP contribution < -0.4 is 0 Å². The smallest absolute Gasteiger partial charge is 0.135 e. The number of hydrogen-bond donors (Lipinski definition) is 0. The molecule has 7 aromatic carbocycles. The van der Waals surface area contributed by atoms with Crippen molar-refractivity contribution >= 4 is 55.6 Å². The summed E-state index contributed by atoms with van der Waals surface area (Å²) in [6.07, 6.45) is 11.6. The van der Waals surface area contributed by atoms with Gasteiger partial charge in [0.05, 0.1) is 0 Å². The van der Waals surface area contributed by atoms with Crippen LogP contribution in [0.4, 0.5) is 0 Å². The van der Waals surface area contributed by atoms with E-state index in [-0.39, 0.29) is 0 Å². The van der Waals surface area contributed by atoms with E-state index in [1.165, 1.54) is 77.2 Å². The van der Waals surface area contributed by atoms with Gasteiger partial charge in [-0.25, -0.2) is 0 Å². The van der Waals surface area contributed by atoms with Crippen LogP contribution in [0.15, 0.2) is 138 Å². The van der Waals surface area contributed by atoms with Crippen LogP contribution in [-0.2, 0) is 6.42 Å². The number of allylic oxidation sites excluding steroid dienone is 2. The largest absolute Gasteiger partial charge is 0.456 e. The van der Waals surface area contributed by atoms with Crippen LogP contribution in [0.2, 0.25) is 0 Å². The quantitative estimate of drug-likeness (QED) is 0.184. The van der Waals surface area contributed by atoms with Gasteiger partial charge in [0.15, 0.2) is 0 Å². The van der Waals surface area contributed by atoms with E-state index in [9.17, 15) is 0 Å². The second-order valence-corrected chi connectivity index (χ2v) is 13.2. The Balaban J connectivity index is 1.28. The molecule has 0 saturated heterocycles. The van der Waals surface area contributed by atoms with E-state index < -0.39 is 0 Å². The second-order valence-electron chi connectivity index (χ2n) is 13.2. The van der Waals surface area contributed by atoms with Gasteiger partial charge in [0.2, 0.25) is 0 Å². The fourth-order valence-electron chi connectivity index (χ4n) is 8.48. The lowest BCUT2D eigenvalue weighted by atomic mass is 9.77. The summed E-state index contributed by atoms with van der Waals surface area (Å²) in [5, 5.41) is 7.45. The van der Waals surface area contributed by atoms with E-state index in [1.807, 2.05) is 12.1 Å². The molecule has 222 valence electrons. The minimum atomic E-state index is 0.511. The third-order valence-corrected chi connectivity index (χ3v) is 10.5. The molecule has 0 bridgehead atoms. The molecule has 0 N–H and O–H groups in total. The van der Waals surface area contributed by atoms with E-state index in [4.69, 9.17) is 4.42 Å². The van der Waals surface area contributed by atoms with Crippen LogP contribution in [0.25, 0.3) is 89.0 Å². The molecule has 0 saturated carbocycles. The summed E-state index contributed by atoms with van der Waals surface area (Å²) in [4.78, 5) is 0. The molecule has 47 heavy (non-hydrogen) atoms. The van der Waals surface area contributed by atoms with Gasteiger partial charge in [-0.2, -0.15) is 0 Å². The Kier molecular flexibility index (Phi) is 5.75. The average molecular weight is 601 g/mol. The van der Waals surface area contributed by atoms with E-state index in [0.717, 1.165) is 34.8 Å². The highest BCUT2D eigenvalue weighted by molar-refractivity contribution is 6.23. The molecule has 10 rings (SSSR count). The molecule has 1 unspecified atom stereocenters. The molecular formula is C46H32O. The van der Waals surface area contributed by atoms with Crippen LogP contribution in [0.1, 0.15) is 41.5 Å². The van der Waals surface area contributed by atoms with Gasteiger partial charge in [0.1, 0.15) is 11.2 Å². The highest BCUT2D eigenvalue weighted by atomic mass is 16.3. The Bertz CT molecular complexity index is 2590. The van der Waals surface area contributed by atoms with Gasteiger partial charge in [-0.3, -0.25) is 0 Å². The summed E-state index contributed by atoms with van der Waals surface area (Å²) >= 11 is 0. The molecule has 0 amide bonds. The standard InChI is InChI=1S/C46H32O/c1-28-12-10-22-39-41(27-29-13-11-21-32(29)44(28)39)46-37-19-6-4-17-35(37)45(36-18-5-7-20-38(36)46)34-16-3-2-14-31(34)30-24-25-43-40(26-30)33-15-8-9-23-42(33)47-43/h2-11,13-20,22-28H,12,21H2,1H3. The maximum atomic E-state index is 6.19. The number of benzene rings is 7. The van der Waals surface area contributed by atoms with Crippen molar-refractivity contribution in [3.8, 4) is 33.4 Å². The first kappa shape index (κ1) is 26.5. The van der Waals surface area contributed by atoms with Crippen molar-refractivity contribution in [1.82, 2.24) is 0 Å². The summed E-state index contributed by atoms with van der Waals surface area (Å²) in [7, 11) is 0. The zero-order valence-electron chi connectivity index (χ0n) is 26.3. The Morgan fingerprint density at radius 1 is 0.532 bits per heavy atom. The molecule has 1 heterocycles. The van der Waals surface area contributed by atoms with Crippen molar-refractivity contribution in [2.24, 2.45) is 0 Å². The molecular weight excluding hydrogens is 569 g/mol. The monoisotopic (exact) mass is 600 g/mol. The third-order valence-electron chi connectivity index (χ3n) is 10.5. The van der Waals surface area contributed by atoms with Crippen molar-refractivity contribution < 1.29 is 4.42 Å². The lowest BCUT2D eigenvalue weighted by molar-refractivity contribution is 0.669. The molecule has 0 radical (unpaired) electrons. The van der Waals surface area contributed by atoms with Crippen LogP contribution in [-0.4, -0.2) is 0 Å². The van der Waals surface area contributed by atoms with Crippen LogP contribution >= 0.6 is 0 Å². The molecule has 0 spiro atoms. The fourth-order valence-corrected chi connectivity index (χ4v) is 8.48. The van der Waals surface area contributed by atoms with Crippen molar-refractivity contribution in [2.45, 2.75) is 25.7 Å². The maximum Gasteiger partial charge on any atom is 0.135 e. The van der Waals surface area contributed by atoms with Gasteiger partial charge >= 0.3 is 0 Å². The molecule has 2 aliphatic carbocycles. The summed E-state index contributed by atoms with van der Waals surface area (Å²) in [5.41, 5.74) is 15.3. The molecule has 1 aromatic heterocycles. The van der Waals surface area contributed by atoms with Gasteiger partial charge in [0, 0.05) is 10.8 Å². The highest BCUT2D eigenvalue weighted by Crippen LogP contribution is 2.50. The van der Waals surface area contributed by atoms with Gasteiger partial charge < -0.3 is 4.42 Å². The number of furan rings is 1. The minimum Gasteiger partial charge on any atom is -0.456 e. The predicted molar refractivity (Wildman–Crippen MR) is 200 cm³/mol. The van der Waals surface area contributed by atoms with E-state index in [2.05, 4.69) is 140 Å². The van der Waals surface area contributed by atoms with E-state index in [1.54, 1.807) is 0 Å². The fraction of sp³-hybridized carbons (Fsp3) is 0.0870. The minimum absolute atomic E-state index is 0.511.